The number of terminal acetylenes is 1. The van der Waals surface area contributed by atoms with Crippen molar-refractivity contribution in [3.05, 3.63) is 29.3 Å². The van der Waals surface area contributed by atoms with E-state index in [1.165, 1.54) is 11.1 Å². The second-order valence-corrected chi connectivity index (χ2v) is 6.07. The van der Waals surface area contributed by atoms with Crippen LogP contribution in [0.15, 0.2) is 18.2 Å². The highest BCUT2D eigenvalue weighted by Crippen LogP contribution is 2.16. The Hall–Kier alpha value is -1.54. The molecule has 1 aromatic carbocycles. The molecule has 2 rings (SSSR count). The summed E-state index contributed by atoms with van der Waals surface area (Å²) in [5.41, 5.74) is 2.35. The normalized spacial score (nSPS) is 17.9. The van der Waals surface area contributed by atoms with Crippen LogP contribution in [0, 0.1) is 26.2 Å². The van der Waals surface area contributed by atoms with Crippen molar-refractivity contribution < 1.29 is 9.84 Å². The summed E-state index contributed by atoms with van der Waals surface area (Å²) >= 11 is 0. The van der Waals surface area contributed by atoms with Gasteiger partial charge in [-0.1, -0.05) is 12.0 Å². The van der Waals surface area contributed by atoms with Crippen molar-refractivity contribution in [3.8, 4) is 18.1 Å². The first-order valence-corrected chi connectivity index (χ1v) is 7.84. The smallest absolute Gasteiger partial charge is 0.119 e. The molecule has 120 valence electrons. The van der Waals surface area contributed by atoms with Crippen molar-refractivity contribution in [1.82, 2.24) is 9.80 Å². The number of nitrogens with zero attached hydrogens (tertiary/aromatic N) is 2. The summed E-state index contributed by atoms with van der Waals surface area (Å²) in [4.78, 5) is 4.53. The standard InChI is InChI=1S/C18H26N2O2/c1-4-5-19-6-8-20(9-7-19)13-17(21)14-22-18-11-15(2)10-16(3)12-18/h1,10-12,17,21H,5-9,13-14H2,2-3H3. The molecule has 1 aromatic rings. The molecule has 4 nitrogen and oxygen atoms in total. The number of benzene rings is 1. The van der Waals surface area contributed by atoms with E-state index >= 15 is 0 Å². The first-order valence-electron chi connectivity index (χ1n) is 7.84. The van der Waals surface area contributed by atoms with E-state index in [2.05, 4.69) is 21.8 Å². The third-order valence-corrected chi connectivity index (χ3v) is 3.89. The molecule has 4 heteroatoms. The number of ether oxygens (including phenoxy) is 1. The maximum atomic E-state index is 10.2. The minimum Gasteiger partial charge on any atom is -0.491 e. The minimum absolute atomic E-state index is 0.327. The summed E-state index contributed by atoms with van der Waals surface area (Å²) in [5, 5.41) is 10.2. The average Bonchev–Trinajstić information content (AvgIpc) is 2.47. The lowest BCUT2D eigenvalue weighted by atomic mass is 10.1. The average molecular weight is 302 g/mol. The van der Waals surface area contributed by atoms with Crippen molar-refractivity contribution in [1.29, 1.82) is 0 Å². The number of rotatable bonds is 6. The number of piperazine rings is 1. The van der Waals surface area contributed by atoms with E-state index in [9.17, 15) is 5.11 Å². The van der Waals surface area contributed by atoms with Crippen LogP contribution in [0.5, 0.6) is 5.75 Å². The summed E-state index contributed by atoms with van der Waals surface area (Å²) in [6.45, 7) is 9.61. The Labute approximate surface area is 133 Å². The molecule has 1 N–H and O–H groups in total. The van der Waals surface area contributed by atoms with Gasteiger partial charge in [0, 0.05) is 32.7 Å². The van der Waals surface area contributed by atoms with E-state index in [4.69, 9.17) is 11.2 Å². The van der Waals surface area contributed by atoms with Crippen LogP contribution in [0.1, 0.15) is 11.1 Å². The van der Waals surface area contributed by atoms with Gasteiger partial charge in [0.15, 0.2) is 0 Å². The van der Waals surface area contributed by atoms with Gasteiger partial charge in [-0.15, -0.1) is 6.42 Å². The zero-order chi connectivity index (χ0) is 15.9. The predicted octanol–water partition coefficient (Wildman–Crippen LogP) is 1.29. The number of hydrogen-bond acceptors (Lipinski definition) is 4. The maximum Gasteiger partial charge on any atom is 0.119 e. The fraction of sp³-hybridized carbons (Fsp3) is 0.556. The predicted molar refractivity (Wildman–Crippen MR) is 89.1 cm³/mol. The van der Waals surface area contributed by atoms with Gasteiger partial charge in [0.1, 0.15) is 18.5 Å². The van der Waals surface area contributed by atoms with Crippen molar-refractivity contribution in [2.75, 3.05) is 45.9 Å². The van der Waals surface area contributed by atoms with Gasteiger partial charge in [0.05, 0.1) is 6.54 Å². The summed E-state index contributed by atoms with van der Waals surface area (Å²) in [5.74, 6) is 3.51. The Morgan fingerprint density at radius 2 is 1.73 bits per heavy atom. The van der Waals surface area contributed by atoms with Crippen LogP contribution in [-0.2, 0) is 0 Å². The molecule has 1 aliphatic heterocycles. The van der Waals surface area contributed by atoms with Gasteiger partial charge in [0.2, 0.25) is 0 Å². The fourth-order valence-corrected chi connectivity index (χ4v) is 2.82. The Morgan fingerprint density at radius 3 is 2.32 bits per heavy atom. The number of aryl methyl sites for hydroxylation is 2. The highest BCUT2D eigenvalue weighted by Gasteiger charge is 2.18. The molecule has 1 fully saturated rings. The number of aliphatic hydroxyl groups is 1. The Bertz CT molecular complexity index is 496. The Balaban J connectivity index is 1.72. The monoisotopic (exact) mass is 302 g/mol. The van der Waals surface area contributed by atoms with Gasteiger partial charge < -0.3 is 9.84 Å². The molecule has 0 amide bonds. The van der Waals surface area contributed by atoms with E-state index in [1.54, 1.807) is 0 Å². The van der Waals surface area contributed by atoms with E-state index in [0.717, 1.165) is 31.9 Å². The van der Waals surface area contributed by atoms with Gasteiger partial charge in [0.25, 0.3) is 0 Å². The van der Waals surface area contributed by atoms with Crippen LogP contribution in [0.2, 0.25) is 0 Å². The van der Waals surface area contributed by atoms with Gasteiger partial charge in [-0.05, 0) is 37.1 Å². The second-order valence-electron chi connectivity index (χ2n) is 6.07. The highest BCUT2D eigenvalue weighted by molar-refractivity contribution is 5.32. The van der Waals surface area contributed by atoms with Crippen molar-refractivity contribution >= 4 is 0 Å². The summed E-state index contributed by atoms with van der Waals surface area (Å²) in [7, 11) is 0. The Morgan fingerprint density at radius 1 is 1.14 bits per heavy atom. The van der Waals surface area contributed by atoms with Gasteiger partial charge >= 0.3 is 0 Å². The number of β-amino-alcohol motifs (C(OH)–C–C–N with tert-alkyl or cyclic N) is 1. The quantitative estimate of drug-likeness (QED) is 0.804. The molecule has 1 heterocycles. The van der Waals surface area contributed by atoms with E-state index < -0.39 is 6.10 Å². The van der Waals surface area contributed by atoms with Gasteiger partial charge in [-0.3, -0.25) is 9.80 Å². The minimum atomic E-state index is -0.472. The number of aliphatic hydroxyl groups excluding tert-OH is 1. The molecule has 0 aliphatic carbocycles. The highest BCUT2D eigenvalue weighted by atomic mass is 16.5. The van der Waals surface area contributed by atoms with Crippen LogP contribution >= 0.6 is 0 Å². The molecule has 0 bridgehead atoms. The molecule has 1 saturated heterocycles. The molecule has 0 radical (unpaired) electrons. The molecular weight excluding hydrogens is 276 g/mol. The SMILES string of the molecule is C#CCN1CCN(CC(O)COc2cc(C)cc(C)c2)CC1. The zero-order valence-corrected chi connectivity index (χ0v) is 13.6. The van der Waals surface area contributed by atoms with Crippen molar-refractivity contribution in [2.24, 2.45) is 0 Å². The summed E-state index contributed by atoms with van der Waals surface area (Å²) < 4.78 is 5.72. The second kappa shape index (κ2) is 8.19. The molecule has 0 spiro atoms. The van der Waals surface area contributed by atoms with Crippen LogP contribution in [0.4, 0.5) is 0 Å². The molecular formula is C18H26N2O2. The molecule has 1 aliphatic rings. The molecule has 0 saturated carbocycles. The Kier molecular flexibility index (Phi) is 6.26. The third kappa shape index (κ3) is 5.34. The van der Waals surface area contributed by atoms with Gasteiger partial charge in [-0.25, -0.2) is 0 Å². The van der Waals surface area contributed by atoms with Crippen molar-refractivity contribution in [2.45, 2.75) is 20.0 Å². The molecule has 1 atom stereocenters. The first-order chi connectivity index (χ1) is 10.6. The largest absolute Gasteiger partial charge is 0.491 e. The molecule has 1 unspecified atom stereocenters. The zero-order valence-electron chi connectivity index (χ0n) is 13.6. The lowest BCUT2D eigenvalue weighted by Gasteiger charge is -2.34. The summed E-state index contributed by atoms with van der Waals surface area (Å²) in [6, 6.07) is 6.11. The van der Waals surface area contributed by atoms with Gasteiger partial charge in [-0.2, -0.15) is 0 Å². The van der Waals surface area contributed by atoms with E-state index in [1.807, 2.05) is 26.0 Å². The van der Waals surface area contributed by atoms with Crippen molar-refractivity contribution in [3.63, 3.8) is 0 Å². The first kappa shape index (κ1) is 16.8. The lowest BCUT2D eigenvalue weighted by molar-refractivity contribution is 0.0484. The number of hydrogen-bond donors (Lipinski definition) is 1. The third-order valence-electron chi connectivity index (χ3n) is 3.89. The van der Waals surface area contributed by atoms with Crippen LogP contribution in [0.3, 0.4) is 0 Å². The topological polar surface area (TPSA) is 35.9 Å². The van der Waals surface area contributed by atoms with Crippen LogP contribution in [0.25, 0.3) is 0 Å². The van der Waals surface area contributed by atoms with E-state index in [0.29, 0.717) is 19.7 Å². The summed E-state index contributed by atoms with van der Waals surface area (Å²) in [6.07, 6.45) is 4.86. The van der Waals surface area contributed by atoms with Crippen LogP contribution in [-0.4, -0.2) is 66.9 Å². The van der Waals surface area contributed by atoms with E-state index in [-0.39, 0.29) is 0 Å². The van der Waals surface area contributed by atoms with Crippen LogP contribution < -0.4 is 4.74 Å². The maximum absolute atomic E-state index is 10.2. The molecule has 22 heavy (non-hydrogen) atoms. The molecule has 0 aromatic heterocycles. The fourth-order valence-electron chi connectivity index (χ4n) is 2.82. The lowest BCUT2D eigenvalue weighted by Crippen LogP contribution is -2.49.